The molecule has 0 saturated heterocycles. The Kier molecular flexibility index (Phi) is 6.27. The maximum Gasteiger partial charge on any atom is 0.225 e. The SMILES string of the molecule is CC(C)[C@H](CO)Nc1nc(NCc2ccccn2)cc(-c2ccccn2)n1. The van der Waals surface area contributed by atoms with Crippen molar-refractivity contribution in [1.82, 2.24) is 19.9 Å². The number of anilines is 2. The summed E-state index contributed by atoms with van der Waals surface area (Å²) >= 11 is 0. The highest BCUT2D eigenvalue weighted by molar-refractivity contribution is 5.61. The van der Waals surface area contributed by atoms with Gasteiger partial charge in [-0.15, -0.1) is 0 Å². The van der Waals surface area contributed by atoms with Crippen molar-refractivity contribution in [2.75, 3.05) is 17.2 Å². The number of hydrogen-bond acceptors (Lipinski definition) is 7. The third-order valence-corrected chi connectivity index (χ3v) is 4.15. The van der Waals surface area contributed by atoms with Gasteiger partial charge in [0, 0.05) is 18.5 Å². The highest BCUT2D eigenvalue weighted by Gasteiger charge is 2.15. The lowest BCUT2D eigenvalue weighted by Crippen LogP contribution is -2.30. The van der Waals surface area contributed by atoms with Crippen LogP contribution < -0.4 is 10.6 Å². The molecule has 3 heterocycles. The van der Waals surface area contributed by atoms with Crippen molar-refractivity contribution < 1.29 is 5.11 Å². The molecule has 0 bridgehead atoms. The molecule has 3 aromatic heterocycles. The van der Waals surface area contributed by atoms with E-state index in [1.165, 1.54) is 0 Å². The van der Waals surface area contributed by atoms with E-state index in [2.05, 4.69) is 30.6 Å². The van der Waals surface area contributed by atoms with Crippen molar-refractivity contribution in [3.8, 4) is 11.4 Å². The molecule has 0 amide bonds. The second kappa shape index (κ2) is 9.05. The first-order chi connectivity index (χ1) is 13.2. The predicted octanol–water partition coefficient (Wildman–Crippen LogP) is 2.97. The lowest BCUT2D eigenvalue weighted by Gasteiger charge is -2.20. The van der Waals surface area contributed by atoms with Crippen LogP contribution in [0.3, 0.4) is 0 Å². The summed E-state index contributed by atoms with van der Waals surface area (Å²) in [6.07, 6.45) is 3.49. The number of rotatable bonds is 8. The van der Waals surface area contributed by atoms with Crippen LogP contribution in [0.1, 0.15) is 19.5 Å². The van der Waals surface area contributed by atoms with Gasteiger partial charge in [-0.1, -0.05) is 26.0 Å². The van der Waals surface area contributed by atoms with Gasteiger partial charge in [-0.3, -0.25) is 9.97 Å². The van der Waals surface area contributed by atoms with Crippen LogP contribution in [0.25, 0.3) is 11.4 Å². The molecule has 3 rings (SSSR count). The van der Waals surface area contributed by atoms with E-state index < -0.39 is 0 Å². The molecule has 0 aliphatic heterocycles. The predicted molar refractivity (Wildman–Crippen MR) is 106 cm³/mol. The van der Waals surface area contributed by atoms with Crippen LogP contribution in [0, 0.1) is 5.92 Å². The van der Waals surface area contributed by atoms with Gasteiger partial charge < -0.3 is 15.7 Å². The Morgan fingerprint density at radius 1 is 0.963 bits per heavy atom. The third kappa shape index (κ3) is 5.21. The van der Waals surface area contributed by atoms with Crippen LogP contribution in [0.15, 0.2) is 54.9 Å². The number of pyridine rings is 2. The van der Waals surface area contributed by atoms with E-state index in [9.17, 15) is 5.11 Å². The molecule has 1 atom stereocenters. The molecule has 140 valence electrons. The summed E-state index contributed by atoms with van der Waals surface area (Å²) in [6, 6.07) is 13.2. The van der Waals surface area contributed by atoms with E-state index in [-0.39, 0.29) is 18.6 Å². The van der Waals surface area contributed by atoms with E-state index in [1.807, 2.05) is 56.3 Å². The van der Waals surface area contributed by atoms with Gasteiger partial charge in [0.2, 0.25) is 5.95 Å². The minimum absolute atomic E-state index is 0.00549. The molecule has 3 aromatic rings. The van der Waals surface area contributed by atoms with E-state index >= 15 is 0 Å². The van der Waals surface area contributed by atoms with Crippen LogP contribution in [0.4, 0.5) is 11.8 Å². The maximum absolute atomic E-state index is 9.61. The Hall–Kier alpha value is -3.06. The molecule has 0 aliphatic rings. The van der Waals surface area contributed by atoms with Crippen LogP contribution in [-0.4, -0.2) is 37.7 Å². The summed E-state index contributed by atoms with van der Waals surface area (Å²) in [7, 11) is 0. The zero-order valence-corrected chi connectivity index (χ0v) is 15.5. The Balaban J connectivity index is 1.88. The Labute approximate surface area is 159 Å². The fraction of sp³-hybridized carbons (Fsp3) is 0.300. The normalized spacial score (nSPS) is 12.0. The van der Waals surface area contributed by atoms with Crippen LogP contribution in [-0.2, 0) is 6.54 Å². The van der Waals surface area contributed by atoms with Crippen LogP contribution in [0.2, 0.25) is 0 Å². The highest BCUT2D eigenvalue weighted by Crippen LogP contribution is 2.21. The average Bonchev–Trinajstić information content (AvgIpc) is 2.71. The monoisotopic (exact) mass is 364 g/mol. The minimum atomic E-state index is -0.132. The number of aromatic nitrogens is 4. The maximum atomic E-state index is 9.61. The Bertz CT molecular complexity index is 842. The van der Waals surface area contributed by atoms with Crippen molar-refractivity contribution in [3.63, 3.8) is 0 Å². The number of hydrogen-bond donors (Lipinski definition) is 3. The Morgan fingerprint density at radius 2 is 1.74 bits per heavy atom. The van der Waals surface area contributed by atoms with Crippen molar-refractivity contribution in [2.45, 2.75) is 26.4 Å². The molecule has 0 aromatic carbocycles. The van der Waals surface area contributed by atoms with Crippen LogP contribution in [0.5, 0.6) is 0 Å². The van der Waals surface area contributed by atoms with Gasteiger partial charge in [0.15, 0.2) is 0 Å². The average molecular weight is 364 g/mol. The summed E-state index contributed by atoms with van der Waals surface area (Å²) in [5.41, 5.74) is 2.38. The van der Waals surface area contributed by atoms with E-state index in [0.29, 0.717) is 24.0 Å². The third-order valence-electron chi connectivity index (χ3n) is 4.15. The van der Waals surface area contributed by atoms with E-state index in [1.54, 1.807) is 12.4 Å². The van der Waals surface area contributed by atoms with Crippen LogP contribution >= 0.6 is 0 Å². The van der Waals surface area contributed by atoms with Gasteiger partial charge in [0.1, 0.15) is 5.82 Å². The molecule has 27 heavy (non-hydrogen) atoms. The largest absolute Gasteiger partial charge is 0.394 e. The van der Waals surface area contributed by atoms with Gasteiger partial charge in [-0.25, -0.2) is 4.98 Å². The molecule has 0 radical (unpaired) electrons. The van der Waals surface area contributed by atoms with Gasteiger partial charge in [-0.2, -0.15) is 4.98 Å². The molecule has 0 saturated carbocycles. The number of aliphatic hydroxyl groups is 1. The van der Waals surface area contributed by atoms with Crippen molar-refractivity contribution in [2.24, 2.45) is 5.92 Å². The fourth-order valence-electron chi connectivity index (χ4n) is 2.52. The Morgan fingerprint density at radius 3 is 2.37 bits per heavy atom. The van der Waals surface area contributed by atoms with Gasteiger partial charge in [0.05, 0.1) is 36.3 Å². The quantitative estimate of drug-likeness (QED) is 0.565. The lowest BCUT2D eigenvalue weighted by atomic mass is 10.1. The molecule has 0 fully saturated rings. The standard InChI is InChI=1S/C20H24N6O/c1-14(2)18(13-27)25-20-24-17(16-8-4-6-10-22-16)11-19(26-20)23-12-15-7-3-5-9-21-15/h3-11,14,18,27H,12-13H2,1-2H3,(H2,23,24,25,26)/t18-/m0/s1. The molecule has 0 spiro atoms. The first-order valence-corrected chi connectivity index (χ1v) is 8.97. The minimum Gasteiger partial charge on any atom is -0.394 e. The van der Waals surface area contributed by atoms with E-state index in [4.69, 9.17) is 0 Å². The van der Waals surface area contributed by atoms with Gasteiger partial charge in [-0.05, 0) is 30.2 Å². The summed E-state index contributed by atoms with van der Waals surface area (Å²) < 4.78 is 0. The van der Waals surface area contributed by atoms with Crippen molar-refractivity contribution in [3.05, 3.63) is 60.6 Å². The van der Waals surface area contributed by atoms with E-state index in [0.717, 1.165) is 11.4 Å². The first-order valence-electron chi connectivity index (χ1n) is 8.97. The molecular weight excluding hydrogens is 340 g/mol. The molecule has 7 heteroatoms. The summed E-state index contributed by atoms with van der Waals surface area (Å²) in [6.45, 7) is 4.63. The second-order valence-corrected chi connectivity index (χ2v) is 6.53. The number of aliphatic hydroxyl groups excluding tert-OH is 1. The zero-order valence-electron chi connectivity index (χ0n) is 15.5. The summed E-state index contributed by atoms with van der Waals surface area (Å²) in [5, 5.41) is 16.1. The molecule has 3 N–H and O–H groups in total. The summed E-state index contributed by atoms with van der Waals surface area (Å²) in [5.74, 6) is 1.36. The summed E-state index contributed by atoms with van der Waals surface area (Å²) in [4.78, 5) is 17.8. The van der Waals surface area contributed by atoms with Gasteiger partial charge in [0.25, 0.3) is 0 Å². The van der Waals surface area contributed by atoms with Crippen molar-refractivity contribution in [1.29, 1.82) is 0 Å². The molecule has 7 nitrogen and oxygen atoms in total. The van der Waals surface area contributed by atoms with Crippen molar-refractivity contribution >= 4 is 11.8 Å². The highest BCUT2D eigenvalue weighted by atomic mass is 16.3. The first kappa shape index (κ1) is 18.7. The van der Waals surface area contributed by atoms with Gasteiger partial charge >= 0.3 is 0 Å². The number of nitrogens with zero attached hydrogens (tertiary/aromatic N) is 4. The number of nitrogens with one attached hydrogen (secondary N) is 2. The molecular formula is C20H24N6O. The topological polar surface area (TPSA) is 95.8 Å². The smallest absolute Gasteiger partial charge is 0.225 e. The fourth-order valence-corrected chi connectivity index (χ4v) is 2.52. The molecule has 0 unspecified atom stereocenters. The second-order valence-electron chi connectivity index (χ2n) is 6.53. The molecule has 0 aliphatic carbocycles. The lowest BCUT2D eigenvalue weighted by molar-refractivity contribution is 0.248. The zero-order chi connectivity index (χ0) is 19.1.